The van der Waals surface area contributed by atoms with E-state index in [1.54, 1.807) is 0 Å². The topological polar surface area (TPSA) is 30.0 Å². The molecule has 1 aliphatic heterocycles. The Kier molecular flexibility index (Phi) is 8.91. The van der Waals surface area contributed by atoms with E-state index < -0.39 is 7.14 Å². The maximum absolute atomic E-state index is 15.3. The fraction of sp³-hybridized carbons (Fsp3) is 0.254. The van der Waals surface area contributed by atoms with Crippen LogP contribution in [-0.2, 0) is 15.4 Å². The highest BCUT2D eigenvalue weighted by Crippen LogP contribution is 2.89. The van der Waals surface area contributed by atoms with Crippen molar-refractivity contribution in [1.29, 1.82) is 0 Å². The fourth-order valence-electron chi connectivity index (χ4n) is 15.4. The van der Waals surface area contributed by atoms with Crippen LogP contribution in [0.4, 0.5) is 0 Å². The highest BCUT2D eigenvalue weighted by atomic mass is 31.2. The molecule has 4 saturated carbocycles. The van der Waals surface area contributed by atoms with Gasteiger partial charge in [0.15, 0.2) is 7.14 Å². The SMILES string of the molecule is Cc1cc(C)c(B(c2cccc(-c3cccc(-c4ccc(C56CC7(c8ccc(P9(=O)c%10ccccc%10-c%10ccccc%109)cc8)CC8CC5(C6)C8C7)cc4)n3)c2)c2c(C)cc(C)cc2C)c(C)c1. The summed E-state index contributed by atoms with van der Waals surface area (Å²) >= 11 is 0. The van der Waals surface area contributed by atoms with Crippen molar-refractivity contribution in [2.45, 2.75) is 84.5 Å². The van der Waals surface area contributed by atoms with Crippen molar-refractivity contribution in [2.75, 3.05) is 0 Å². The van der Waals surface area contributed by atoms with E-state index in [0.717, 1.165) is 55.8 Å². The first kappa shape index (κ1) is 41.2. The summed E-state index contributed by atoms with van der Waals surface area (Å²) in [5.41, 5.74) is 22.5. The third kappa shape index (κ3) is 5.83. The van der Waals surface area contributed by atoms with Gasteiger partial charge in [0.25, 0.3) is 0 Å². The van der Waals surface area contributed by atoms with E-state index >= 15 is 4.57 Å². The molecule has 2 nitrogen and oxygen atoms in total. The minimum atomic E-state index is -2.95. The molecule has 5 atom stereocenters. The molecule has 0 amide bonds. The lowest BCUT2D eigenvalue weighted by Crippen LogP contribution is -2.55. The van der Waals surface area contributed by atoms with Crippen LogP contribution >= 0.6 is 7.14 Å². The van der Waals surface area contributed by atoms with Gasteiger partial charge in [-0.25, -0.2) is 4.98 Å². The summed E-state index contributed by atoms with van der Waals surface area (Å²) in [6, 6.07) is 60.5. The van der Waals surface area contributed by atoms with Crippen molar-refractivity contribution in [3.8, 4) is 33.6 Å². The summed E-state index contributed by atoms with van der Waals surface area (Å²) in [5, 5.41) is 2.93. The molecule has 13 rings (SSSR count). The molecule has 0 N–H and O–H groups in total. The van der Waals surface area contributed by atoms with E-state index in [1.165, 1.54) is 98.6 Å². The molecule has 2 heterocycles. The van der Waals surface area contributed by atoms with Crippen molar-refractivity contribution in [3.63, 3.8) is 0 Å². The fourth-order valence-corrected chi connectivity index (χ4v) is 18.5. The highest BCUT2D eigenvalue weighted by Gasteiger charge is 2.83. The Balaban J connectivity index is 0.802. The minimum absolute atomic E-state index is 0.112. The largest absolute Gasteiger partial charge is 0.309 e. The molecule has 4 heteroatoms. The van der Waals surface area contributed by atoms with Crippen LogP contribution in [0, 0.1) is 58.8 Å². The maximum Gasteiger partial charge on any atom is 0.242 e. The standard InChI is InChI=1S/C63H57BNOP/c1-39-29-41(3)59(42(4)30-39)64(60-43(5)31-40(2)32-44(60)6)50-14-11-13-46(33-50)56-18-12-17-55(65-56)45-21-23-49(24-22-45)63-37-61(34-47-35-62(63,38-63)54(47)36-61)48-25-27-51(28-26-48)67(66)57-19-9-7-15-52(57)53-16-8-10-20-58(53)67/h7-33,47,54H,34-38H2,1-6H3. The Bertz CT molecular complexity index is 3270. The van der Waals surface area contributed by atoms with E-state index in [0.29, 0.717) is 5.41 Å². The maximum atomic E-state index is 15.3. The Labute approximate surface area is 397 Å². The molecule has 328 valence electrons. The molecule has 5 unspecified atom stereocenters. The molecule has 1 aromatic heterocycles. The van der Waals surface area contributed by atoms with Crippen LogP contribution in [0.2, 0.25) is 0 Å². The Morgan fingerprint density at radius 1 is 0.522 bits per heavy atom. The number of pyridine rings is 1. The molecule has 2 bridgehead atoms. The van der Waals surface area contributed by atoms with E-state index in [9.17, 15) is 0 Å². The van der Waals surface area contributed by atoms with Crippen LogP contribution in [0.15, 0.2) is 164 Å². The number of fused-ring (bicyclic) bond motifs is 4. The van der Waals surface area contributed by atoms with Crippen molar-refractivity contribution >= 4 is 46.2 Å². The van der Waals surface area contributed by atoms with Crippen LogP contribution in [0.5, 0.6) is 0 Å². The van der Waals surface area contributed by atoms with Crippen LogP contribution in [0.1, 0.15) is 76.6 Å². The monoisotopic (exact) mass is 885 g/mol. The van der Waals surface area contributed by atoms with Gasteiger partial charge in [-0.2, -0.15) is 0 Å². The lowest BCUT2D eigenvalue weighted by Gasteiger charge is -2.49. The van der Waals surface area contributed by atoms with Crippen LogP contribution in [-0.4, -0.2) is 11.7 Å². The average molecular weight is 886 g/mol. The van der Waals surface area contributed by atoms with Crippen LogP contribution < -0.4 is 32.3 Å². The van der Waals surface area contributed by atoms with Gasteiger partial charge in [-0.3, -0.25) is 0 Å². The van der Waals surface area contributed by atoms with E-state index in [1.807, 2.05) is 12.1 Å². The second kappa shape index (κ2) is 14.5. The first-order valence-electron chi connectivity index (χ1n) is 24.7. The molecular formula is C63H57BNOP. The smallest absolute Gasteiger partial charge is 0.242 e. The zero-order valence-corrected chi connectivity index (χ0v) is 40.6. The van der Waals surface area contributed by atoms with Gasteiger partial charge in [-0.1, -0.05) is 201 Å². The molecule has 8 aromatic rings. The molecule has 4 fully saturated rings. The van der Waals surface area contributed by atoms with Gasteiger partial charge in [-0.15, -0.1) is 0 Å². The van der Waals surface area contributed by atoms with Crippen molar-refractivity contribution in [2.24, 2.45) is 17.3 Å². The van der Waals surface area contributed by atoms with E-state index in [4.69, 9.17) is 4.98 Å². The van der Waals surface area contributed by atoms with Gasteiger partial charge in [-0.05, 0) is 136 Å². The molecule has 0 saturated heterocycles. The summed E-state index contributed by atoms with van der Waals surface area (Å²) in [5.74, 6) is 1.63. The lowest BCUT2D eigenvalue weighted by atomic mass is 9.34. The molecule has 4 aliphatic carbocycles. The average Bonchev–Trinajstić information content (AvgIpc) is 3.89. The van der Waals surface area contributed by atoms with Crippen LogP contribution in [0.3, 0.4) is 0 Å². The number of hydrogen-bond donors (Lipinski definition) is 0. The zero-order chi connectivity index (χ0) is 45.6. The molecule has 1 spiro atoms. The minimum Gasteiger partial charge on any atom is -0.309 e. The second-order valence-corrected chi connectivity index (χ2v) is 24.4. The van der Waals surface area contributed by atoms with Gasteiger partial charge in [0.2, 0.25) is 6.71 Å². The molecule has 0 radical (unpaired) electrons. The Morgan fingerprint density at radius 2 is 1.07 bits per heavy atom. The van der Waals surface area contributed by atoms with Crippen molar-refractivity contribution in [3.05, 3.63) is 208 Å². The number of aromatic nitrogens is 1. The molecule has 67 heavy (non-hydrogen) atoms. The number of aryl methyl sites for hydroxylation is 6. The van der Waals surface area contributed by atoms with Crippen molar-refractivity contribution in [1.82, 2.24) is 4.98 Å². The van der Waals surface area contributed by atoms with E-state index in [-0.39, 0.29) is 17.5 Å². The highest BCUT2D eigenvalue weighted by molar-refractivity contribution is 7.86. The molecule has 5 aliphatic rings. The first-order valence-corrected chi connectivity index (χ1v) is 26.4. The van der Waals surface area contributed by atoms with Gasteiger partial charge in [0.05, 0.1) is 11.4 Å². The van der Waals surface area contributed by atoms with E-state index in [2.05, 4.69) is 193 Å². The van der Waals surface area contributed by atoms with Gasteiger partial charge in [0.1, 0.15) is 0 Å². The van der Waals surface area contributed by atoms with Crippen molar-refractivity contribution < 1.29 is 4.57 Å². The number of benzene rings is 7. The summed E-state index contributed by atoms with van der Waals surface area (Å²) in [4.78, 5) is 5.37. The predicted octanol–water partition coefficient (Wildman–Crippen LogP) is 11.8. The predicted molar refractivity (Wildman–Crippen MR) is 282 cm³/mol. The first-order chi connectivity index (χ1) is 32.4. The molecule has 7 aromatic carbocycles. The summed E-state index contributed by atoms with van der Waals surface area (Å²) in [6.45, 7) is 13.6. The summed E-state index contributed by atoms with van der Waals surface area (Å²) in [7, 11) is -2.95. The van der Waals surface area contributed by atoms with Gasteiger partial charge in [0, 0.05) is 26.9 Å². The number of rotatable bonds is 8. The second-order valence-electron chi connectivity index (χ2n) is 21.7. The van der Waals surface area contributed by atoms with Crippen LogP contribution in [0.25, 0.3) is 33.6 Å². The number of hydrogen-bond acceptors (Lipinski definition) is 2. The van der Waals surface area contributed by atoms with Gasteiger partial charge < -0.3 is 4.57 Å². The molecular weight excluding hydrogens is 828 g/mol. The quantitative estimate of drug-likeness (QED) is 0.112. The summed E-state index contributed by atoms with van der Waals surface area (Å²) < 4.78 is 15.3. The van der Waals surface area contributed by atoms with Gasteiger partial charge >= 0.3 is 0 Å². The summed E-state index contributed by atoms with van der Waals surface area (Å²) in [6.07, 6.45) is 6.49. The Morgan fingerprint density at radius 3 is 1.69 bits per heavy atom. The normalized spacial score (nSPS) is 24.3. The Hall–Kier alpha value is -6.02. The zero-order valence-electron chi connectivity index (χ0n) is 39.7. The third-order valence-electron chi connectivity index (χ3n) is 17.9. The third-order valence-corrected chi connectivity index (χ3v) is 21.1. The lowest BCUT2D eigenvalue weighted by molar-refractivity contribution is 0.0415. The number of nitrogens with zero attached hydrogens (tertiary/aromatic N) is 1.